The van der Waals surface area contributed by atoms with Crippen molar-refractivity contribution in [3.05, 3.63) is 70.5 Å². The van der Waals surface area contributed by atoms with E-state index in [9.17, 15) is 22.0 Å². The summed E-state index contributed by atoms with van der Waals surface area (Å²) >= 11 is 0. The average molecular weight is 455 g/mol. The Hall–Kier alpha value is -1.95. The molecular weight excluding hydrogens is 423 g/mol. The summed E-state index contributed by atoms with van der Waals surface area (Å²) in [6, 6.07) is 7.85. The molecule has 0 amide bonds. The molecule has 1 fully saturated rings. The van der Waals surface area contributed by atoms with Gasteiger partial charge in [0.2, 0.25) is 0 Å². The highest BCUT2D eigenvalue weighted by molar-refractivity contribution is 5.27. The Labute approximate surface area is 187 Å². The normalized spacial score (nSPS) is 19.3. The van der Waals surface area contributed by atoms with E-state index >= 15 is 0 Å². The Kier molecular flexibility index (Phi) is 8.69. The van der Waals surface area contributed by atoms with Crippen molar-refractivity contribution in [1.82, 2.24) is 0 Å². The summed E-state index contributed by atoms with van der Waals surface area (Å²) in [6.45, 7) is 1.75. The second-order valence-corrected chi connectivity index (χ2v) is 8.82. The number of halogens is 5. The van der Waals surface area contributed by atoms with E-state index in [1.807, 2.05) is 0 Å². The monoisotopic (exact) mass is 454 g/mol. The van der Waals surface area contributed by atoms with Crippen LogP contribution in [0.2, 0.25) is 0 Å². The Morgan fingerprint density at radius 2 is 1.53 bits per heavy atom. The molecule has 32 heavy (non-hydrogen) atoms. The number of ether oxygens (including phenoxy) is 1. The van der Waals surface area contributed by atoms with E-state index in [1.54, 1.807) is 12.1 Å². The predicted molar refractivity (Wildman–Crippen MR) is 115 cm³/mol. The molecule has 1 aliphatic carbocycles. The van der Waals surface area contributed by atoms with Gasteiger partial charge in [-0.05, 0) is 67.2 Å². The quantitative estimate of drug-likeness (QED) is 0.199. The fourth-order valence-electron chi connectivity index (χ4n) is 4.55. The third-order valence-corrected chi connectivity index (χ3v) is 6.50. The smallest absolute Gasteiger partial charge is 0.316 e. The van der Waals surface area contributed by atoms with Crippen LogP contribution >= 0.6 is 0 Å². The lowest BCUT2D eigenvalue weighted by molar-refractivity contribution is -0.248. The molecule has 0 heterocycles. The topological polar surface area (TPSA) is 9.23 Å². The SMILES string of the molecule is CCCCC[C@H]1CC[C@H](c2ccc(C(F)(F)OCCc3cc(F)c(F)c(F)c3)cc2)CC1. The minimum atomic E-state index is -3.52. The van der Waals surface area contributed by atoms with Gasteiger partial charge in [-0.1, -0.05) is 56.9 Å². The molecule has 0 bridgehead atoms. The molecule has 0 spiro atoms. The van der Waals surface area contributed by atoms with Gasteiger partial charge < -0.3 is 4.74 Å². The molecule has 0 saturated heterocycles. The van der Waals surface area contributed by atoms with Gasteiger partial charge in [0.15, 0.2) is 17.5 Å². The van der Waals surface area contributed by atoms with Crippen molar-refractivity contribution in [2.45, 2.75) is 76.7 Å². The van der Waals surface area contributed by atoms with Gasteiger partial charge in [-0.2, -0.15) is 8.78 Å². The molecule has 1 nitrogen and oxygen atoms in total. The van der Waals surface area contributed by atoms with Crippen molar-refractivity contribution in [3.63, 3.8) is 0 Å². The molecule has 0 aromatic heterocycles. The van der Waals surface area contributed by atoms with E-state index in [1.165, 1.54) is 50.7 Å². The first-order valence-electron chi connectivity index (χ1n) is 11.6. The predicted octanol–water partition coefficient (Wildman–Crippen LogP) is 8.27. The Balaban J connectivity index is 1.50. The largest absolute Gasteiger partial charge is 0.383 e. The number of alkyl halides is 2. The van der Waals surface area contributed by atoms with Crippen LogP contribution in [0.1, 0.15) is 80.9 Å². The maximum atomic E-state index is 14.4. The highest BCUT2D eigenvalue weighted by atomic mass is 19.3. The first-order chi connectivity index (χ1) is 15.3. The molecule has 6 heteroatoms. The minimum absolute atomic E-state index is 0.0536. The van der Waals surface area contributed by atoms with E-state index in [0.29, 0.717) is 5.92 Å². The van der Waals surface area contributed by atoms with Crippen LogP contribution in [0, 0.1) is 23.4 Å². The molecule has 0 radical (unpaired) electrons. The number of benzene rings is 2. The lowest BCUT2D eigenvalue weighted by Crippen LogP contribution is -2.20. The molecular formula is C26H31F5O. The second kappa shape index (κ2) is 11.3. The fraction of sp³-hybridized carbons (Fsp3) is 0.538. The number of hydrogen-bond acceptors (Lipinski definition) is 1. The summed E-state index contributed by atoms with van der Waals surface area (Å²) < 4.78 is 73.0. The zero-order chi connectivity index (χ0) is 23.1. The van der Waals surface area contributed by atoms with Gasteiger partial charge in [0.05, 0.1) is 12.2 Å². The molecule has 0 aliphatic heterocycles. The lowest BCUT2D eigenvalue weighted by Gasteiger charge is -2.29. The molecule has 2 aromatic carbocycles. The molecule has 0 unspecified atom stereocenters. The molecule has 1 saturated carbocycles. The molecule has 0 N–H and O–H groups in total. The molecule has 176 valence electrons. The minimum Gasteiger partial charge on any atom is -0.316 e. The Morgan fingerprint density at radius 3 is 2.12 bits per heavy atom. The van der Waals surface area contributed by atoms with Gasteiger partial charge in [-0.15, -0.1) is 0 Å². The maximum Gasteiger partial charge on any atom is 0.383 e. The van der Waals surface area contributed by atoms with Crippen molar-refractivity contribution in [1.29, 1.82) is 0 Å². The van der Waals surface area contributed by atoms with Crippen LogP contribution in [0.4, 0.5) is 22.0 Å². The summed E-state index contributed by atoms with van der Waals surface area (Å²) in [5.41, 5.74) is 0.873. The van der Waals surface area contributed by atoms with Gasteiger partial charge in [0.25, 0.3) is 0 Å². The summed E-state index contributed by atoms with van der Waals surface area (Å²) in [6.07, 6.45) is 5.99. The molecule has 3 rings (SSSR count). The molecule has 1 aliphatic rings. The van der Waals surface area contributed by atoms with Crippen LogP contribution < -0.4 is 0 Å². The molecule has 0 atom stereocenters. The summed E-state index contributed by atoms with van der Waals surface area (Å²) in [5.74, 6) is -3.08. The van der Waals surface area contributed by atoms with Crippen molar-refractivity contribution in [2.24, 2.45) is 5.92 Å². The standard InChI is InChI=1S/C26H31F5O/c1-2-3-4-5-18-6-8-20(9-7-18)21-10-12-22(13-11-21)26(30,31)32-15-14-19-16-23(27)25(29)24(28)17-19/h10-13,16-18,20H,2-9,14-15H2,1H3/t18-,20-. The highest BCUT2D eigenvalue weighted by Gasteiger charge is 2.33. The lowest BCUT2D eigenvalue weighted by atomic mass is 9.77. The first-order valence-corrected chi connectivity index (χ1v) is 11.6. The number of hydrogen-bond donors (Lipinski definition) is 0. The highest BCUT2D eigenvalue weighted by Crippen LogP contribution is 2.39. The van der Waals surface area contributed by atoms with Crippen molar-refractivity contribution < 1.29 is 26.7 Å². The van der Waals surface area contributed by atoms with E-state index in [-0.39, 0.29) is 17.5 Å². The first kappa shape index (κ1) is 24.7. The van der Waals surface area contributed by atoms with Gasteiger partial charge in [-0.25, -0.2) is 13.2 Å². The number of rotatable bonds is 10. The number of unbranched alkanes of at least 4 members (excludes halogenated alkanes) is 2. The van der Waals surface area contributed by atoms with Gasteiger partial charge in [-0.3, -0.25) is 0 Å². The van der Waals surface area contributed by atoms with Gasteiger partial charge >= 0.3 is 6.11 Å². The summed E-state index contributed by atoms with van der Waals surface area (Å²) in [4.78, 5) is 0. The van der Waals surface area contributed by atoms with Crippen LogP contribution in [0.5, 0.6) is 0 Å². The zero-order valence-electron chi connectivity index (χ0n) is 18.5. The van der Waals surface area contributed by atoms with E-state index in [4.69, 9.17) is 4.74 Å². The van der Waals surface area contributed by atoms with Crippen LogP contribution in [0.25, 0.3) is 0 Å². The van der Waals surface area contributed by atoms with Gasteiger partial charge in [0.1, 0.15) is 0 Å². The van der Waals surface area contributed by atoms with E-state index in [2.05, 4.69) is 6.92 Å². The van der Waals surface area contributed by atoms with E-state index < -0.39 is 30.2 Å². The fourth-order valence-corrected chi connectivity index (χ4v) is 4.55. The van der Waals surface area contributed by atoms with E-state index in [0.717, 1.165) is 36.5 Å². The van der Waals surface area contributed by atoms with Crippen LogP contribution in [0.15, 0.2) is 36.4 Å². The van der Waals surface area contributed by atoms with Crippen LogP contribution in [0.3, 0.4) is 0 Å². The third kappa shape index (κ3) is 6.53. The second-order valence-electron chi connectivity index (χ2n) is 8.82. The maximum absolute atomic E-state index is 14.4. The third-order valence-electron chi connectivity index (χ3n) is 6.50. The van der Waals surface area contributed by atoms with Gasteiger partial charge in [0, 0.05) is 0 Å². The van der Waals surface area contributed by atoms with Crippen molar-refractivity contribution in [3.8, 4) is 0 Å². The Morgan fingerprint density at radius 1 is 0.906 bits per heavy atom. The van der Waals surface area contributed by atoms with Crippen LogP contribution in [-0.2, 0) is 17.3 Å². The van der Waals surface area contributed by atoms with Crippen molar-refractivity contribution in [2.75, 3.05) is 6.61 Å². The summed E-state index contributed by atoms with van der Waals surface area (Å²) in [7, 11) is 0. The van der Waals surface area contributed by atoms with Crippen LogP contribution in [-0.4, -0.2) is 6.61 Å². The Bertz CT molecular complexity index is 834. The molecule has 2 aromatic rings. The average Bonchev–Trinajstić information content (AvgIpc) is 2.78. The van der Waals surface area contributed by atoms with Crippen molar-refractivity contribution >= 4 is 0 Å². The summed E-state index contributed by atoms with van der Waals surface area (Å²) in [5, 5.41) is 0. The zero-order valence-corrected chi connectivity index (χ0v) is 18.5.